The molecule has 0 bridgehead atoms. The van der Waals surface area contributed by atoms with Crippen LogP contribution in [-0.2, 0) is 20.9 Å². The molecule has 0 saturated carbocycles. The number of likely N-dealkylation sites (N-methyl/N-ethyl adjacent to an activating group) is 1. The Bertz CT molecular complexity index is 828. The normalized spacial score (nSPS) is 20.1. The Morgan fingerprint density at radius 2 is 1.81 bits per heavy atom. The third-order valence-electron chi connectivity index (χ3n) is 4.38. The van der Waals surface area contributed by atoms with Crippen molar-refractivity contribution in [1.82, 2.24) is 10.2 Å². The number of amides is 2. The van der Waals surface area contributed by atoms with Crippen LogP contribution < -0.4 is 5.32 Å². The lowest BCUT2D eigenvalue weighted by Gasteiger charge is -2.38. The molecule has 2 aromatic rings. The second-order valence-corrected chi connectivity index (χ2v) is 6.01. The Balaban J connectivity index is 1.81. The lowest BCUT2D eigenvalue weighted by Crippen LogP contribution is -2.53. The van der Waals surface area contributed by atoms with Crippen molar-refractivity contribution >= 4 is 11.8 Å². The van der Waals surface area contributed by atoms with Crippen molar-refractivity contribution in [1.29, 1.82) is 0 Å². The second kappa shape index (κ2) is 7.61. The van der Waals surface area contributed by atoms with E-state index in [9.17, 15) is 18.4 Å². The van der Waals surface area contributed by atoms with E-state index in [4.69, 9.17) is 4.74 Å². The Morgan fingerprint density at radius 3 is 2.50 bits per heavy atom. The summed E-state index contributed by atoms with van der Waals surface area (Å²) in [5.41, 5.74) is 0.512. The molecular weight excluding hydrogens is 342 g/mol. The average Bonchev–Trinajstić information content (AvgIpc) is 2.64. The van der Waals surface area contributed by atoms with Crippen LogP contribution >= 0.6 is 0 Å². The van der Waals surface area contributed by atoms with Gasteiger partial charge in [-0.15, -0.1) is 0 Å². The fourth-order valence-corrected chi connectivity index (χ4v) is 2.94. The molecule has 1 saturated heterocycles. The van der Waals surface area contributed by atoms with Crippen LogP contribution in [0.3, 0.4) is 0 Å². The highest BCUT2D eigenvalue weighted by molar-refractivity contribution is 5.86. The van der Waals surface area contributed by atoms with Crippen molar-refractivity contribution in [3.8, 4) is 0 Å². The summed E-state index contributed by atoms with van der Waals surface area (Å²) in [6.07, 6.45) is -1.10. The molecule has 0 unspecified atom stereocenters. The summed E-state index contributed by atoms with van der Waals surface area (Å²) in [6, 6.07) is 11.1. The maximum Gasteiger partial charge on any atom is 0.251 e. The molecule has 0 radical (unpaired) electrons. The lowest BCUT2D eigenvalue weighted by molar-refractivity contribution is -0.162. The van der Waals surface area contributed by atoms with Crippen molar-refractivity contribution < 1.29 is 23.1 Å². The molecule has 26 heavy (non-hydrogen) atoms. The summed E-state index contributed by atoms with van der Waals surface area (Å²) >= 11 is 0. The van der Waals surface area contributed by atoms with Crippen LogP contribution in [0.25, 0.3) is 0 Å². The Hall–Kier alpha value is -2.80. The number of hydrogen-bond donors (Lipinski definition) is 1. The van der Waals surface area contributed by atoms with Gasteiger partial charge in [0.25, 0.3) is 5.91 Å². The number of rotatable bonds is 4. The number of carbonyl (C=O) groups is 2. The van der Waals surface area contributed by atoms with E-state index in [-0.39, 0.29) is 24.6 Å². The average molecular weight is 360 g/mol. The van der Waals surface area contributed by atoms with Crippen LogP contribution in [0, 0.1) is 11.6 Å². The van der Waals surface area contributed by atoms with Crippen LogP contribution in [0.15, 0.2) is 48.5 Å². The van der Waals surface area contributed by atoms with Gasteiger partial charge in [0.05, 0.1) is 6.04 Å². The highest BCUT2D eigenvalue weighted by atomic mass is 19.1. The van der Waals surface area contributed by atoms with Gasteiger partial charge >= 0.3 is 0 Å². The first-order valence-electron chi connectivity index (χ1n) is 8.12. The Labute approximate surface area is 149 Å². The van der Waals surface area contributed by atoms with Crippen LogP contribution in [0.5, 0.6) is 0 Å². The lowest BCUT2D eigenvalue weighted by atomic mass is 9.97. The zero-order valence-electron chi connectivity index (χ0n) is 14.1. The minimum absolute atomic E-state index is 0.0347. The molecule has 0 spiro atoms. The zero-order valence-corrected chi connectivity index (χ0v) is 14.1. The predicted octanol–water partition coefficient (Wildman–Crippen LogP) is 2.18. The van der Waals surface area contributed by atoms with Gasteiger partial charge in [0.2, 0.25) is 5.91 Å². The van der Waals surface area contributed by atoms with Gasteiger partial charge in [0.15, 0.2) is 6.10 Å². The van der Waals surface area contributed by atoms with E-state index in [1.807, 2.05) is 0 Å². The van der Waals surface area contributed by atoms with Crippen LogP contribution in [0.1, 0.15) is 17.2 Å². The van der Waals surface area contributed by atoms with Crippen molar-refractivity contribution in [2.24, 2.45) is 0 Å². The predicted molar refractivity (Wildman–Crippen MR) is 89.9 cm³/mol. The van der Waals surface area contributed by atoms with E-state index < -0.39 is 29.7 Å². The first-order chi connectivity index (χ1) is 12.5. The number of halogens is 2. The van der Waals surface area contributed by atoms with Crippen molar-refractivity contribution in [2.75, 3.05) is 13.7 Å². The number of benzene rings is 2. The maximum atomic E-state index is 14.2. The summed E-state index contributed by atoms with van der Waals surface area (Å²) in [7, 11) is 1.50. The molecule has 1 aliphatic rings. The van der Waals surface area contributed by atoms with Gasteiger partial charge in [-0.25, -0.2) is 8.78 Å². The number of morpholine rings is 1. The van der Waals surface area contributed by atoms with Gasteiger partial charge in [-0.2, -0.15) is 0 Å². The van der Waals surface area contributed by atoms with Gasteiger partial charge < -0.3 is 15.0 Å². The fourth-order valence-electron chi connectivity index (χ4n) is 2.94. The molecule has 2 amide bonds. The van der Waals surface area contributed by atoms with Crippen molar-refractivity contribution in [3.05, 3.63) is 71.3 Å². The summed E-state index contributed by atoms with van der Waals surface area (Å²) in [5.74, 6) is -1.86. The highest BCUT2D eigenvalue weighted by Crippen LogP contribution is 2.30. The molecule has 1 fully saturated rings. The Kier molecular flexibility index (Phi) is 5.27. The van der Waals surface area contributed by atoms with E-state index in [1.165, 1.54) is 36.2 Å². The summed E-state index contributed by atoms with van der Waals surface area (Å²) in [6.45, 7) is -0.313. The van der Waals surface area contributed by atoms with E-state index in [1.54, 1.807) is 24.3 Å². The van der Waals surface area contributed by atoms with E-state index in [0.29, 0.717) is 5.56 Å². The van der Waals surface area contributed by atoms with Crippen LogP contribution in [0.4, 0.5) is 8.78 Å². The first kappa shape index (κ1) is 18.0. The third kappa shape index (κ3) is 3.57. The molecule has 1 heterocycles. The first-order valence-corrected chi connectivity index (χ1v) is 8.12. The van der Waals surface area contributed by atoms with Gasteiger partial charge in [-0.1, -0.05) is 36.4 Å². The Morgan fingerprint density at radius 1 is 1.15 bits per heavy atom. The monoisotopic (exact) mass is 360 g/mol. The summed E-state index contributed by atoms with van der Waals surface area (Å²) in [4.78, 5) is 25.9. The molecule has 1 N–H and O–H groups in total. The topological polar surface area (TPSA) is 58.6 Å². The molecule has 5 nitrogen and oxygen atoms in total. The standard InChI is InChI=1S/C19H18F2N2O3/c1-23-16(24)11-26-18(17(23)13-7-3-5-9-15(13)21)19(25)22-10-12-6-2-4-8-14(12)20/h2-9,17-18H,10-11H2,1H3,(H,22,25)/t17-,18-/m1/s1. The minimum Gasteiger partial charge on any atom is -0.356 e. The maximum absolute atomic E-state index is 14.2. The van der Waals surface area contributed by atoms with Gasteiger partial charge in [-0.3, -0.25) is 9.59 Å². The highest BCUT2D eigenvalue weighted by Gasteiger charge is 2.41. The number of nitrogens with one attached hydrogen (secondary N) is 1. The number of hydrogen-bond acceptors (Lipinski definition) is 3. The zero-order chi connectivity index (χ0) is 18.7. The minimum atomic E-state index is -1.10. The molecule has 7 heteroatoms. The van der Waals surface area contributed by atoms with Gasteiger partial charge in [0, 0.05) is 24.7 Å². The van der Waals surface area contributed by atoms with Crippen molar-refractivity contribution in [3.63, 3.8) is 0 Å². The fraction of sp³-hybridized carbons (Fsp3) is 0.263. The van der Waals surface area contributed by atoms with Crippen molar-refractivity contribution in [2.45, 2.75) is 18.7 Å². The largest absolute Gasteiger partial charge is 0.356 e. The van der Waals surface area contributed by atoms with Gasteiger partial charge in [0.1, 0.15) is 18.2 Å². The number of carbonyl (C=O) groups excluding carboxylic acids is 2. The molecule has 0 aromatic heterocycles. The molecule has 2 aromatic carbocycles. The molecular formula is C19H18F2N2O3. The summed E-state index contributed by atoms with van der Waals surface area (Å²) in [5, 5.41) is 2.60. The number of nitrogens with zero attached hydrogens (tertiary/aromatic N) is 1. The second-order valence-electron chi connectivity index (χ2n) is 6.01. The van der Waals surface area contributed by atoms with E-state index >= 15 is 0 Å². The van der Waals surface area contributed by atoms with E-state index in [0.717, 1.165) is 0 Å². The van der Waals surface area contributed by atoms with Crippen LogP contribution in [-0.4, -0.2) is 36.5 Å². The third-order valence-corrected chi connectivity index (χ3v) is 4.38. The molecule has 2 atom stereocenters. The van der Waals surface area contributed by atoms with Crippen LogP contribution in [0.2, 0.25) is 0 Å². The molecule has 3 rings (SSSR count). The molecule has 1 aliphatic heterocycles. The van der Waals surface area contributed by atoms with Gasteiger partial charge in [-0.05, 0) is 12.1 Å². The number of ether oxygens (including phenoxy) is 1. The smallest absolute Gasteiger partial charge is 0.251 e. The van der Waals surface area contributed by atoms with E-state index in [2.05, 4.69) is 5.32 Å². The summed E-state index contributed by atoms with van der Waals surface area (Å²) < 4.78 is 33.3. The quantitative estimate of drug-likeness (QED) is 0.909. The molecule has 136 valence electrons. The SMILES string of the molecule is CN1C(=O)CO[C@@H](C(=O)NCc2ccccc2F)[C@H]1c1ccccc1F. The molecule has 0 aliphatic carbocycles.